The Morgan fingerprint density at radius 1 is 1.25 bits per heavy atom. The van der Waals surface area contributed by atoms with Crippen LogP contribution in [0.3, 0.4) is 0 Å². The van der Waals surface area contributed by atoms with Gasteiger partial charge in [0, 0.05) is 36.9 Å². The average Bonchev–Trinajstić information content (AvgIpc) is 3.38. The largest absolute Gasteiger partial charge is 0.479 e. The maximum Gasteiger partial charge on any atom is 0.263 e. The summed E-state index contributed by atoms with van der Waals surface area (Å²) in [5, 5.41) is 12.5. The van der Waals surface area contributed by atoms with Gasteiger partial charge in [-0.15, -0.1) is 11.3 Å². The van der Waals surface area contributed by atoms with E-state index in [0.717, 1.165) is 5.69 Å². The number of aliphatic hydroxyl groups is 1. The van der Waals surface area contributed by atoms with E-state index in [2.05, 4.69) is 9.71 Å². The molecular formula is C23H24Cl2N4O5S2. The molecule has 0 aliphatic carbocycles. The SMILES string of the molecule is C[C@@H](Oc1cccc(Cl)c1Cl)C(=O)N1CCN(c2ccc(S(=O)(=O)Nc3nccs3)cc2)C[C@H]1CO. The molecule has 1 aromatic heterocycles. The molecule has 1 fully saturated rings. The van der Waals surface area contributed by atoms with Gasteiger partial charge in [-0.25, -0.2) is 13.4 Å². The first-order valence-corrected chi connectivity index (χ1v) is 14.1. The fraction of sp³-hybridized carbons (Fsp3) is 0.304. The number of nitrogens with zero attached hydrogens (tertiary/aromatic N) is 3. The Kier molecular flexibility index (Phi) is 8.26. The van der Waals surface area contributed by atoms with Crippen molar-refractivity contribution < 1.29 is 23.1 Å². The van der Waals surface area contributed by atoms with Crippen LogP contribution in [-0.4, -0.2) is 67.7 Å². The number of anilines is 2. The summed E-state index contributed by atoms with van der Waals surface area (Å²) in [6.07, 6.45) is 0.684. The first kappa shape index (κ1) is 26.5. The molecule has 9 nitrogen and oxygen atoms in total. The van der Waals surface area contributed by atoms with E-state index in [1.165, 1.54) is 29.7 Å². The third-order valence-corrected chi connectivity index (χ3v) is 8.68. The average molecular weight is 572 g/mol. The molecule has 192 valence electrons. The third-order valence-electron chi connectivity index (χ3n) is 5.71. The van der Waals surface area contributed by atoms with Gasteiger partial charge in [0.1, 0.15) is 10.8 Å². The summed E-state index contributed by atoms with van der Waals surface area (Å²) in [4.78, 5) is 20.8. The summed E-state index contributed by atoms with van der Waals surface area (Å²) in [6.45, 7) is 2.61. The van der Waals surface area contributed by atoms with Gasteiger partial charge in [-0.2, -0.15) is 0 Å². The zero-order valence-electron chi connectivity index (χ0n) is 19.2. The van der Waals surface area contributed by atoms with Crippen LogP contribution in [0.5, 0.6) is 5.75 Å². The number of benzene rings is 2. The molecule has 4 rings (SSSR count). The number of hydrogen-bond acceptors (Lipinski definition) is 8. The van der Waals surface area contributed by atoms with Crippen LogP contribution in [0.1, 0.15) is 6.92 Å². The molecule has 1 saturated heterocycles. The van der Waals surface area contributed by atoms with E-state index in [1.807, 2.05) is 4.90 Å². The molecule has 36 heavy (non-hydrogen) atoms. The van der Waals surface area contributed by atoms with E-state index in [1.54, 1.807) is 47.5 Å². The van der Waals surface area contributed by atoms with Gasteiger partial charge in [0.25, 0.3) is 15.9 Å². The number of halogens is 2. The van der Waals surface area contributed by atoms with Crippen LogP contribution in [0.2, 0.25) is 10.0 Å². The van der Waals surface area contributed by atoms with Gasteiger partial charge in [-0.05, 0) is 43.3 Å². The fourth-order valence-electron chi connectivity index (χ4n) is 3.87. The minimum absolute atomic E-state index is 0.111. The van der Waals surface area contributed by atoms with Crippen molar-refractivity contribution in [2.75, 3.05) is 35.9 Å². The van der Waals surface area contributed by atoms with Crippen molar-refractivity contribution in [2.45, 2.75) is 24.0 Å². The third kappa shape index (κ3) is 5.87. The molecule has 2 aromatic carbocycles. The standard InChI is InChI=1S/C23H24Cl2N4O5S2/c1-15(34-20-4-2-3-19(24)21(20)25)22(31)29-11-10-28(13-17(29)14-30)16-5-7-18(8-6-16)36(32,33)27-23-26-9-12-35-23/h2-9,12,15,17,30H,10-11,13-14H2,1H3,(H,26,27)/t15-,17+/m1/s1. The number of hydrogen-bond donors (Lipinski definition) is 2. The summed E-state index contributed by atoms with van der Waals surface area (Å²) in [6, 6.07) is 10.9. The number of thiazole rings is 1. The highest BCUT2D eigenvalue weighted by molar-refractivity contribution is 7.93. The molecule has 0 spiro atoms. The second kappa shape index (κ2) is 11.2. The van der Waals surface area contributed by atoms with Gasteiger partial charge in [0.2, 0.25) is 0 Å². The van der Waals surface area contributed by atoms with Gasteiger partial charge in [0.15, 0.2) is 11.2 Å². The molecule has 13 heteroatoms. The highest BCUT2D eigenvalue weighted by atomic mass is 35.5. The molecule has 2 atom stereocenters. The monoisotopic (exact) mass is 570 g/mol. The van der Waals surface area contributed by atoms with Gasteiger partial charge < -0.3 is 19.6 Å². The molecule has 2 heterocycles. The quantitative estimate of drug-likeness (QED) is 0.424. The lowest BCUT2D eigenvalue weighted by Crippen LogP contribution is -2.59. The summed E-state index contributed by atoms with van der Waals surface area (Å²) < 4.78 is 33.4. The Morgan fingerprint density at radius 3 is 2.67 bits per heavy atom. The van der Waals surface area contributed by atoms with Crippen LogP contribution in [0, 0.1) is 0 Å². The van der Waals surface area contributed by atoms with Crippen molar-refractivity contribution in [3.63, 3.8) is 0 Å². The Morgan fingerprint density at radius 2 is 2.00 bits per heavy atom. The molecular weight excluding hydrogens is 547 g/mol. The van der Waals surface area contributed by atoms with Gasteiger partial charge in [-0.3, -0.25) is 9.52 Å². The molecule has 1 aliphatic heterocycles. The molecule has 0 unspecified atom stereocenters. The second-order valence-corrected chi connectivity index (χ2v) is 11.4. The molecule has 2 N–H and O–H groups in total. The predicted octanol–water partition coefficient (Wildman–Crippen LogP) is 3.73. The maximum atomic E-state index is 13.1. The van der Waals surface area contributed by atoms with E-state index in [9.17, 15) is 18.3 Å². The smallest absolute Gasteiger partial charge is 0.263 e. The molecule has 0 radical (unpaired) electrons. The molecule has 1 aliphatic rings. The summed E-state index contributed by atoms with van der Waals surface area (Å²) in [5.74, 6) is 0.0306. The van der Waals surface area contributed by atoms with Crippen LogP contribution in [0.25, 0.3) is 0 Å². The minimum Gasteiger partial charge on any atom is -0.479 e. The van der Waals surface area contributed by atoms with Crippen LogP contribution in [-0.2, 0) is 14.8 Å². The van der Waals surface area contributed by atoms with Gasteiger partial charge in [0.05, 0.1) is 22.6 Å². The lowest BCUT2D eigenvalue weighted by molar-refractivity contribution is -0.141. The van der Waals surface area contributed by atoms with Gasteiger partial charge in [-0.1, -0.05) is 29.3 Å². The van der Waals surface area contributed by atoms with Crippen LogP contribution >= 0.6 is 34.5 Å². The highest BCUT2D eigenvalue weighted by Crippen LogP contribution is 2.32. The van der Waals surface area contributed by atoms with Crippen LogP contribution < -0.4 is 14.4 Å². The van der Waals surface area contributed by atoms with Crippen LogP contribution in [0.4, 0.5) is 10.8 Å². The number of rotatable bonds is 8. The second-order valence-electron chi connectivity index (χ2n) is 8.06. The Balaban J connectivity index is 1.41. The first-order valence-electron chi connectivity index (χ1n) is 11.0. The van der Waals surface area contributed by atoms with Crippen molar-refractivity contribution in [3.05, 3.63) is 64.1 Å². The summed E-state index contributed by atoms with van der Waals surface area (Å²) in [7, 11) is -3.75. The number of nitrogens with one attached hydrogen (secondary N) is 1. The molecule has 0 bridgehead atoms. The Bertz CT molecular complexity index is 1310. The summed E-state index contributed by atoms with van der Waals surface area (Å²) in [5.41, 5.74) is 0.781. The highest BCUT2D eigenvalue weighted by Gasteiger charge is 2.33. The first-order chi connectivity index (χ1) is 17.2. The number of ether oxygens (including phenoxy) is 1. The Labute approximate surface area is 223 Å². The van der Waals surface area contributed by atoms with Crippen molar-refractivity contribution in [1.82, 2.24) is 9.88 Å². The molecule has 3 aromatic rings. The molecule has 0 saturated carbocycles. The number of amides is 1. The van der Waals surface area contributed by atoms with E-state index < -0.39 is 22.2 Å². The van der Waals surface area contributed by atoms with E-state index in [0.29, 0.717) is 35.5 Å². The lowest BCUT2D eigenvalue weighted by atomic mass is 10.1. The number of aliphatic hydroxyl groups excluding tert-OH is 1. The van der Waals surface area contributed by atoms with Crippen molar-refractivity contribution in [2.24, 2.45) is 0 Å². The number of aromatic nitrogens is 1. The topological polar surface area (TPSA) is 112 Å². The number of piperazine rings is 1. The lowest BCUT2D eigenvalue weighted by Gasteiger charge is -2.42. The van der Waals surface area contributed by atoms with Gasteiger partial charge >= 0.3 is 0 Å². The normalized spacial score (nSPS) is 17.1. The number of carbonyl (C=O) groups excluding carboxylic acids is 1. The Hall–Kier alpha value is -2.57. The number of carbonyl (C=O) groups is 1. The van der Waals surface area contributed by atoms with E-state index in [4.69, 9.17) is 27.9 Å². The predicted molar refractivity (Wildman–Crippen MR) is 141 cm³/mol. The van der Waals surface area contributed by atoms with E-state index in [-0.39, 0.29) is 22.4 Å². The zero-order chi connectivity index (χ0) is 25.9. The maximum absolute atomic E-state index is 13.1. The molecule has 1 amide bonds. The fourth-order valence-corrected chi connectivity index (χ4v) is 5.99. The summed E-state index contributed by atoms with van der Waals surface area (Å²) >= 11 is 13.4. The van der Waals surface area contributed by atoms with Crippen molar-refractivity contribution in [3.8, 4) is 5.75 Å². The number of sulfonamides is 1. The van der Waals surface area contributed by atoms with Crippen molar-refractivity contribution in [1.29, 1.82) is 0 Å². The zero-order valence-corrected chi connectivity index (χ0v) is 22.3. The van der Waals surface area contributed by atoms with Crippen molar-refractivity contribution >= 4 is 61.3 Å². The van der Waals surface area contributed by atoms with Crippen LogP contribution in [0.15, 0.2) is 58.9 Å². The van der Waals surface area contributed by atoms with E-state index >= 15 is 0 Å². The minimum atomic E-state index is -3.75.